The zero-order valence-electron chi connectivity index (χ0n) is 14.1. The summed E-state index contributed by atoms with van der Waals surface area (Å²) >= 11 is 0. The van der Waals surface area contributed by atoms with Crippen molar-refractivity contribution in [2.75, 3.05) is 13.2 Å². The van der Waals surface area contributed by atoms with Crippen LogP contribution < -0.4 is 16.5 Å². The molecule has 1 atom stereocenters. The molecule has 0 aromatic heterocycles. The molecule has 0 saturated heterocycles. The van der Waals surface area contributed by atoms with Gasteiger partial charge in [0, 0.05) is 13.0 Å². The van der Waals surface area contributed by atoms with Gasteiger partial charge in [0.05, 0.1) is 6.61 Å². The fraction of sp³-hybridized carbons (Fsp3) is 0.471. The minimum atomic E-state index is -0.849. The van der Waals surface area contributed by atoms with Crippen LogP contribution >= 0.6 is 0 Å². The van der Waals surface area contributed by atoms with E-state index in [1.807, 2.05) is 30.3 Å². The minimum absolute atomic E-state index is 0.110. The van der Waals surface area contributed by atoms with Gasteiger partial charge in [-0.2, -0.15) is 0 Å². The molecule has 0 aliphatic carbocycles. The molecule has 0 aliphatic rings. The Morgan fingerprint density at radius 3 is 2.64 bits per heavy atom. The molecule has 0 saturated carbocycles. The normalized spacial score (nSPS) is 11.4. The molecule has 0 aliphatic heterocycles. The van der Waals surface area contributed by atoms with E-state index in [9.17, 15) is 14.4 Å². The van der Waals surface area contributed by atoms with Gasteiger partial charge in [-0.3, -0.25) is 9.59 Å². The van der Waals surface area contributed by atoms with Crippen LogP contribution in [0.5, 0.6) is 0 Å². The number of esters is 1. The number of nitrogens with one attached hydrogen (secondary N) is 2. The van der Waals surface area contributed by atoms with Gasteiger partial charge in [0.1, 0.15) is 12.6 Å². The fourth-order valence-electron chi connectivity index (χ4n) is 2.08. The van der Waals surface area contributed by atoms with Crippen LogP contribution in [0, 0.1) is 0 Å². The predicted molar refractivity (Wildman–Crippen MR) is 90.8 cm³/mol. The highest BCUT2D eigenvalue weighted by atomic mass is 16.6. The van der Waals surface area contributed by atoms with E-state index >= 15 is 0 Å². The molecule has 4 N–H and O–H groups in total. The average Bonchev–Trinajstić information content (AvgIpc) is 2.63. The largest absolute Gasteiger partial charge is 0.459 e. The Bertz CT molecular complexity index is 524. The molecule has 0 spiro atoms. The van der Waals surface area contributed by atoms with E-state index in [-0.39, 0.29) is 25.4 Å². The van der Waals surface area contributed by atoms with Gasteiger partial charge in [0.25, 0.3) is 0 Å². The number of ether oxygens (including phenoxy) is 1. The molecule has 0 fully saturated rings. The maximum Gasteiger partial charge on any atom is 0.328 e. The molecule has 1 unspecified atom stereocenters. The topological polar surface area (TPSA) is 120 Å². The van der Waals surface area contributed by atoms with Crippen LogP contribution in [0.4, 0.5) is 0 Å². The second-order valence-corrected chi connectivity index (χ2v) is 5.40. The lowest BCUT2D eigenvalue weighted by molar-refractivity contribution is -0.148. The molecular weight excluding hydrogens is 326 g/mol. The van der Waals surface area contributed by atoms with E-state index in [0.717, 1.165) is 18.4 Å². The van der Waals surface area contributed by atoms with Crippen LogP contribution in [0.15, 0.2) is 30.3 Å². The molecule has 138 valence electrons. The molecule has 8 nitrogen and oxygen atoms in total. The highest BCUT2D eigenvalue weighted by Gasteiger charge is 2.20. The minimum Gasteiger partial charge on any atom is -0.459 e. The summed E-state index contributed by atoms with van der Waals surface area (Å²) < 4.78 is 5.18. The number of hydrogen-bond acceptors (Lipinski definition) is 6. The molecule has 8 heteroatoms. The Kier molecular flexibility index (Phi) is 10.6. The smallest absolute Gasteiger partial charge is 0.328 e. The summed E-state index contributed by atoms with van der Waals surface area (Å²) in [7, 11) is 0. The van der Waals surface area contributed by atoms with Gasteiger partial charge < -0.3 is 20.2 Å². The third-order valence-corrected chi connectivity index (χ3v) is 3.45. The molecule has 1 aromatic rings. The highest BCUT2D eigenvalue weighted by Crippen LogP contribution is 2.05. The van der Waals surface area contributed by atoms with Crippen molar-refractivity contribution in [3.05, 3.63) is 35.9 Å². The van der Waals surface area contributed by atoms with Gasteiger partial charge in [-0.05, 0) is 24.8 Å². The van der Waals surface area contributed by atoms with Gasteiger partial charge in [0.2, 0.25) is 12.3 Å². The van der Waals surface area contributed by atoms with E-state index in [2.05, 4.69) is 15.5 Å². The summed E-state index contributed by atoms with van der Waals surface area (Å²) in [5.41, 5.74) is 0.847. The monoisotopic (exact) mass is 351 g/mol. The molecule has 2 amide bonds. The Morgan fingerprint density at radius 1 is 1.20 bits per heavy atom. The first kappa shape index (κ1) is 20.6. The van der Waals surface area contributed by atoms with Crippen LogP contribution in [-0.2, 0) is 30.6 Å². The number of nitrogens with two attached hydrogens (primary N) is 1. The number of unbranched alkanes of at least 4 members (excludes halogenated alkanes) is 1. The quantitative estimate of drug-likeness (QED) is 0.205. The molecule has 1 rings (SSSR count). The molecule has 0 bridgehead atoms. The Balaban J connectivity index is 2.31. The van der Waals surface area contributed by atoms with E-state index in [0.29, 0.717) is 19.6 Å². The number of carbonyl (C=O) groups is 3. The van der Waals surface area contributed by atoms with E-state index in [1.54, 1.807) is 0 Å². The van der Waals surface area contributed by atoms with E-state index in [1.165, 1.54) is 0 Å². The summed E-state index contributed by atoms with van der Waals surface area (Å²) in [5, 5.41) is 5.12. The summed E-state index contributed by atoms with van der Waals surface area (Å²) in [5.74, 6) is 4.15. The third kappa shape index (κ3) is 9.43. The third-order valence-electron chi connectivity index (χ3n) is 3.45. The van der Waals surface area contributed by atoms with Crippen molar-refractivity contribution in [1.29, 1.82) is 0 Å². The van der Waals surface area contributed by atoms with E-state index in [4.69, 9.17) is 10.6 Å². The van der Waals surface area contributed by atoms with Crippen molar-refractivity contribution in [2.24, 2.45) is 5.90 Å². The van der Waals surface area contributed by atoms with E-state index < -0.39 is 12.0 Å². The first-order valence-corrected chi connectivity index (χ1v) is 8.16. The number of rotatable bonds is 13. The lowest BCUT2D eigenvalue weighted by Crippen LogP contribution is -2.38. The van der Waals surface area contributed by atoms with Crippen molar-refractivity contribution in [3.63, 3.8) is 0 Å². The fourth-order valence-corrected chi connectivity index (χ4v) is 2.08. The van der Waals surface area contributed by atoms with Gasteiger partial charge >= 0.3 is 5.97 Å². The average molecular weight is 351 g/mol. The van der Waals surface area contributed by atoms with Crippen LogP contribution in [0.1, 0.15) is 31.2 Å². The maximum atomic E-state index is 12.1. The van der Waals surface area contributed by atoms with Gasteiger partial charge in [-0.25, -0.2) is 10.7 Å². The number of carbonyl (C=O) groups excluding carboxylic acids is 3. The summed E-state index contributed by atoms with van der Waals surface area (Å²) in [4.78, 5) is 38.9. The zero-order valence-corrected chi connectivity index (χ0v) is 14.1. The van der Waals surface area contributed by atoms with Crippen LogP contribution in [0.25, 0.3) is 0 Å². The highest BCUT2D eigenvalue weighted by molar-refractivity contribution is 5.80. The zero-order chi connectivity index (χ0) is 18.3. The molecule has 0 heterocycles. The van der Waals surface area contributed by atoms with Gasteiger partial charge in [-0.1, -0.05) is 30.3 Å². The summed E-state index contributed by atoms with van der Waals surface area (Å²) in [6.07, 6.45) is 2.21. The van der Waals surface area contributed by atoms with Crippen molar-refractivity contribution < 1.29 is 24.0 Å². The summed E-state index contributed by atoms with van der Waals surface area (Å²) in [6.45, 7) is 1.06. The van der Waals surface area contributed by atoms with Gasteiger partial charge in [-0.15, -0.1) is 0 Å². The first-order chi connectivity index (χ1) is 12.2. The van der Waals surface area contributed by atoms with Crippen molar-refractivity contribution >= 4 is 18.3 Å². The van der Waals surface area contributed by atoms with Crippen LogP contribution in [0.2, 0.25) is 0 Å². The van der Waals surface area contributed by atoms with Gasteiger partial charge in [0.15, 0.2) is 0 Å². The van der Waals surface area contributed by atoms with Crippen molar-refractivity contribution in [1.82, 2.24) is 10.6 Å². The van der Waals surface area contributed by atoms with Crippen LogP contribution in [-0.4, -0.2) is 37.5 Å². The Labute approximate surface area is 147 Å². The first-order valence-electron chi connectivity index (χ1n) is 8.16. The van der Waals surface area contributed by atoms with Crippen molar-refractivity contribution in [2.45, 2.75) is 38.3 Å². The molecule has 1 aromatic carbocycles. The molecule has 25 heavy (non-hydrogen) atoms. The lowest BCUT2D eigenvalue weighted by Gasteiger charge is -2.15. The Hall–Kier alpha value is -2.45. The van der Waals surface area contributed by atoms with Crippen LogP contribution in [0.3, 0.4) is 0 Å². The molecular formula is C17H25N3O5. The number of amides is 2. The summed E-state index contributed by atoms with van der Waals surface area (Å²) in [6, 6.07) is 8.36. The second kappa shape index (κ2) is 12.9. The number of benzene rings is 1. The number of hydrogen-bond donors (Lipinski definition) is 3. The SMILES string of the molecule is NOCCCCNC(=O)CCC(NC=O)C(=O)OCc1ccccc1. The predicted octanol–water partition coefficient (Wildman–Crippen LogP) is 0.411. The standard InChI is InChI=1S/C17H25N3O5/c18-25-11-5-4-10-19-16(22)9-8-15(20-13-21)17(23)24-12-14-6-2-1-3-7-14/h1-3,6-7,13,15H,4-5,8-12,18H2,(H,19,22)(H,20,21). The maximum absolute atomic E-state index is 12.1. The Morgan fingerprint density at radius 2 is 1.96 bits per heavy atom. The second-order valence-electron chi connectivity index (χ2n) is 5.40. The lowest BCUT2D eigenvalue weighted by atomic mass is 10.1. The molecule has 0 radical (unpaired) electrons. The van der Waals surface area contributed by atoms with Crippen molar-refractivity contribution in [3.8, 4) is 0 Å².